The molecular formula is C25H23ClFN3O3. The van der Waals surface area contributed by atoms with Crippen molar-refractivity contribution in [1.29, 1.82) is 5.26 Å². The van der Waals surface area contributed by atoms with Crippen LogP contribution < -0.4 is 0 Å². The largest absolute Gasteiger partial charge is 0.329 e. The highest BCUT2D eigenvalue weighted by molar-refractivity contribution is 6.30. The fourth-order valence-electron chi connectivity index (χ4n) is 4.83. The monoisotopic (exact) mass is 467 g/mol. The van der Waals surface area contributed by atoms with Gasteiger partial charge in [0, 0.05) is 0 Å². The van der Waals surface area contributed by atoms with Crippen LogP contribution in [0, 0.1) is 22.6 Å². The number of amides is 3. The summed E-state index contributed by atoms with van der Waals surface area (Å²) in [6.07, 6.45) is 1.08. The first-order valence-electron chi connectivity index (χ1n) is 10.7. The van der Waals surface area contributed by atoms with Crippen LogP contribution >= 0.6 is 11.6 Å². The van der Waals surface area contributed by atoms with Gasteiger partial charge in [-0.15, -0.1) is 0 Å². The normalized spacial score (nSPS) is 21.2. The number of hydrogen-bond acceptors (Lipinski definition) is 4. The zero-order valence-corrected chi connectivity index (χ0v) is 19.3. The molecule has 3 amide bonds. The standard InChI is InChI=1S/C25H23ClFN3O3/c1-14(29-23(32)16-6-4-5-7-17(16)24(29)33)22(31)30-20(10-11-21(30)25(2,3)13-28)15-8-9-19(27)18(26)12-15/h4-9,12,14,20-21H,10-11H2,1-3H3/t14-,20+,21-/m1/s1. The number of halogens is 2. The predicted octanol–water partition coefficient (Wildman–Crippen LogP) is 4.75. The van der Waals surface area contributed by atoms with Gasteiger partial charge in [-0.1, -0.05) is 29.8 Å². The first-order valence-corrected chi connectivity index (χ1v) is 11.1. The lowest BCUT2D eigenvalue weighted by Gasteiger charge is -2.39. The molecule has 0 saturated carbocycles. The Kier molecular flexibility index (Phi) is 5.75. The Bertz CT molecular complexity index is 1170. The molecule has 0 aromatic heterocycles. The molecule has 0 N–H and O–H groups in total. The number of likely N-dealkylation sites (tertiary alicyclic amines) is 1. The second kappa shape index (κ2) is 8.27. The summed E-state index contributed by atoms with van der Waals surface area (Å²) in [5.74, 6) is -2.05. The smallest absolute Gasteiger partial charge is 0.262 e. The highest BCUT2D eigenvalue weighted by Gasteiger charge is 2.49. The number of fused-ring (bicyclic) bond motifs is 1. The third-order valence-electron chi connectivity index (χ3n) is 6.66. The Labute approximate surface area is 196 Å². The number of nitriles is 1. The van der Waals surface area contributed by atoms with E-state index < -0.39 is 47.1 Å². The van der Waals surface area contributed by atoms with E-state index in [1.54, 1.807) is 49.1 Å². The van der Waals surface area contributed by atoms with Gasteiger partial charge in [0.25, 0.3) is 11.8 Å². The van der Waals surface area contributed by atoms with E-state index in [2.05, 4.69) is 6.07 Å². The van der Waals surface area contributed by atoms with Gasteiger partial charge in [-0.05, 0) is 63.4 Å². The number of carbonyl (C=O) groups is 3. The van der Waals surface area contributed by atoms with Crippen molar-refractivity contribution in [3.05, 3.63) is 70.0 Å². The van der Waals surface area contributed by atoms with Crippen LogP contribution in [0.15, 0.2) is 42.5 Å². The van der Waals surface area contributed by atoms with Crippen molar-refractivity contribution in [3.8, 4) is 6.07 Å². The lowest BCUT2D eigenvalue weighted by molar-refractivity contribution is -0.139. The zero-order chi connectivity index (χ0) is 24.1. The number of imide groups is 1. The van der Waals surface area contributed by atoms with Crippen LogP contribution in [0.3, 0.4) is 0 Å². The molecule has 170 valence electrons. The Balaban J connectivity index is 1.72. The molecule has 33 heavy (non-hydrogen) atoms. The summed E-state index contributed by atoms with van der Waals surface area (Å²) in [6, 6.07) is 11.0. The van der Waals surface area contributed by atoms with Crippen molar-refractivity contribution in [2.45, 2.75) is 51.7 Å². The van der Waals surface area contributed by atoms with E-state index in [1.165, 1.54) is 19.1 Å². The third-order valence-corrected chi connectivity index (χ3v) is 6.95. The molecule has 8 heteroatoms. The maximum atomic E-state index is 13.8. The zero-order valence-electron chi connectivity index (χ0n) is 18.5. The fourth-order valence-corrected chi connectivity index (χ4v) is 5.02. The number of rotatable bonds is 4. The highest BCUT2D eigenvalue weighted by Crippen LogP contribution is 2.44. The average molecular weight is 468 g/mol. The quantitative estimate of drug-likeness (QED) is 0.608. The highest BCUT2D eigenvalue weighted by atomic mass is 35.5. The summed E-state index contributed by atoms with van der Waals surface area (Å²) in [5, 5.41) is 9.71. The van der Waals surface area contributed by atoms with Crippen LogP contribution in [0.5, 0.6) is 0 Å². The van der Waals surface area contributed by atoms with Crippen LogP contribution in [0.2, 0.25) is 5.02 Å². The molecule has 2 aromatic rings. The number of benzene rings is 2. The Morgan fingerprint density at radius 1 is 1.15 bits per heavy atom. The molecule has 0 unspecified atom stereocenters. The van der Waals surface area contributed by atoms with Crippen molar-refractivity contribution in [3.63, 3.8) is 0 Å². The molecule has 0 aliphatic carbocycles. The molecular weight excluding hydrogens is 445 g/mol. The van der Waals surface area contributed by atoms with Gasteiger partial charge in [-0.2, -0.15) is 5.26 Å². The molecule has 2 aliphatic rings. The molecule has 4 rings (SSSR count). The molecule has 0 radical (unpaired) electrons. The van der Waals surface area contributed by atoms with E-state index in [1.807, 2.05) is 0 Å². The van der Waals surface area contributed by atoms with Gasteiger partial charge in [0.05, 0.1) is 39.7 Å². The number of hydrogen-bond donors (Lipinski definition) is 0. The Morgan fingerprint density at radius 2 is 1.76 bits per heavy atom. The van der Waals surface area contributed by atoms with E-state index in [4.69, 9.17) is 11.6 Å². The van der Waals surface area contributed by atoms with Gasteiger partial charge >= 0.3 is 0 Å². The van der Waals surface area contributed by atoms with Gasteiger partial charge < -0.3 is 4.90 Å². The second-order valence-electron chi connectivity index (χ2n) is 9.06. The summed E-state index contributed by atoms with van der Waals surface area (Å²) in [7, 11) is 0. The molecule has 2 heterocycles. The molecule has 3 atom stereocenters. The molecule has 0 bridgehead atoms. The minimum Gasteiger partial charge on any atom is -0.329 e. The van der Waals surface area contributed by atoms with E-state index in [-0.39, 0.29) is 16.1 Å². The SMILES string of the molecule is C[C@H](C(=O)N1[C@H](c2ccc(F)c(Cl)c2)CC[C@@H]1C(C)(C)C#N)N1C(=O)c2ccccc2C1=O. The minimum atomic E-state index is -1.08. The average Bonchev–Trinajstić information content (AvgIpc) is 3.35. The van der Waals surface area contributed by atoms with Crippen molar-refractivity contribution in [2.24, 2.45) is 5.41 Å². The van der Waals surface area contributed by atoms with E-state index >= 15 is 0 Å². The fraction of sp³-hybridized carbons (Fsp3) is 0.360. The van der Waals surface area contributed by atoms with Gasteiger partial charge in [-0.25, -0.2) is 4.39 Å². The van der Waals surface area contributed by atoms with Gasteiger partial charge in [0.2, 0.25) is 5.91 Å². The summed E-state index contributed by atoms with van der Waals surface area (Å²) in [5.41, 5.74) is 0.287. The molecule has 0 spiro atoms. The lowest BCUT2D eigenvalue weighted by atomic mass is 9.84. The first kappa shape index (κ1) is 22.9. The minimum absolute atomic E-state index is 0.0590. The molecule has 1 saturated heterocycles. The summed E-state index contributed by atoms with van der Waals surface area (Å²) in [6.45, 7) is 5.03. The second-order valence-corrected chi connectivity index (χ2v) is 9.47. The summed E-state index contributed by atoms with van der Waals surface area (Å²) >= 11 is 6.00. The number of carbonyl (C=O) groups excluding carboxylic acids is 3. The Hall–Kier alpha value is -3.24. The maximum absolute atomic E-state index is 13.8. The van der Waals surface area contributed by atoms with E-state index in [0.29, 0.717) is 18.4 Å². The van der Waals surface area contributed by atoms with Gasteiger partial charge in [0.15, 0.2) is 0 Å². The van der Waals surface area contributed by atoms with Crippen LogP contribution in [0.4, 0.5) is 4.39 Å². The predicted molar refractivity (Wildman–Crippen MR) is 120 cm³/mol. The molecule has 2 aliphatic heterocycles. The molecule has 2 aromatic carbocycles. The van der Waals surface area contributed by atoms with Gasteiger partial charge in [0.1, 0.15) is 11.9 Å². The van der Waals surface area contributed by atoms with Crippen molar-refractivity contribution in [1.82, 2.24) is 9.80 Å². The molecule has 1 fully saturated rings. The third kappa shape index (κ3) is 3.68. The molecule has 6 nitrogen and oxygen atoms in total. The van der Waals surface area contributed by atoms with Crippen molar-refractivity contribution < 1.29 is 18.8 Å². The maximum Gasteiger partial charge on any atom is 0.262 e. The van der Waals surface area contributed by atoms with Crippen LogP contribution in [-0.2, 0) is 4.79 Å². The first-order chi connectivity index (χ1) is 15.6. The number of nitrogens with zero attached hydrogens (tertiary/aromatic N) is 3. The van der Waals surface area contributed by atoms with Crippen molar-refractivity contribution >= 4 is 29.3 Å². The van der Waals surface area contributed by atoms with Crippen LogP contribution in [0.25, 0.3) is 0 Å². The lowest BCUT2D eigenvalue weighted by Crippen LogP contribution is -2.53. The Morgan fingerprint density at radius 3 is 2.30 bits per heavy atom. The van der Waals surface area contributed by atoms with Crippen LogP contribution in [-0.4, -0.2) is 39.6 Å². The topological polar surface area (TPSA) is 81.5 Å². The summed E-state index contributed by atoms with van der Waals surface area (Å²) < 4.78 is 13.8. The van der Waals surface area contributed by atoms with E-state index in [0.717, 1.165) is 4.90 Å². The summed E-state index contributed by atoms with van der Waals surface area (Å²) in [4.78, 5) is 42.3. The van der Waals surface area contributed by atoms with Crippen LogP contribution in [0.1, 0.15) is 65.9 Å². The van der Waals surface area contributed by atoms with Gasteiger partial charge in [-0.3, -0.25) is 19.3 Å². The van der Waals surface area contributed by atoms with Crippen molar-refractivity contribution in [2.75, 3.05) is 0 Å². The van der Waals surface area contributed by atoms with E-state index in [9.17, 15) is 24.0 Å².